The third kappa shape index (κ3) is 5.84. The number of amides is 1. The van der Waals surface area contributed by atoms with Crippen LogP contribution in [0.3, 0.4) is 0 Å². The lowest BCUT2D eigenvalue weighted by Gasteiger charge is -2.19. The molecule has 0 aliphatic rings. The van der Waals surface area contributed by atoms with E-state index in [4.69, 9.17) is 25.4 Å². The fraction of sp³-hybridized carbons (Fsp3) is 0.208. The molecule has 178 valence electrons. The average Bonchev–Trinajstić information content (AvgIpc) is 2.84. The van der Waals surface area contributed by atoms with Crippen molar-refractivity contribution in [1.29, 1.82) is 5.41 Å². The van der Waals surface area contributed by atoms with E-state index in [2.05, 4.69) is 10.3 Å². The lowest BCUT2D eigenvalue weighted by atomic mass is 10.1. The summed E-state index contributed by atoms with van der Waals surface area (Å²) in [6, 6.07) is 10.4. The Bertz CT molecular complexity index is 1150. The van der Waals surface area contributed by atoms with E-state index in [0.717, 1.165) is 17.7 Å². The lowest BCUT2D eigenvalue weighted by molar-refractivity contribution is -0.131. The number of carbonyl (C=O) groups excluding carboxylic acids is 1. The molecule has 1 atom stereocenters. The van der Waals surface area contributed by atoms with Crippen molar-refractivity contribution in [3.8, 4) is 11.5 Å². The molecule has 3 rings (SSSR count). The van der Waals surface area contributed by atoms with Crippen molar-refractivity contribution in [1.82, 2.24) is 10.3 Å². The molecular weight excluding hydrogens is 446 g/mol. The van der Waals surface area contributed by atoms with Crippen LogP contribution in [0.15, 0.2) is 54.9 Å². The Morgan fingerprint density at radius 2 is 1.91 bits per heavy atom. The third-order valence-electron chi connectivity index (χ3n) is 4.97. The van der Waals surface area contributed by atoms with Crippen LogP contribution in [0, 0.1) is 17.0 Å². The summed E-state index contributed by atoms with van der Waals surface area (Å²) in [7, 11) is 2.46. The minimum absolute atomic E-state index is 0.0185. The number of benzene rings is 2. The molecule has 1 aromatic heterocycles. The number of nitrogens with one attached hydrogen (secondary N) is 2. The number of aromatic nitrogens is 1. The number of pyridine rings is 1. The predicted molar refractivity (Wildman–Crippen MR) is 121 cm³/mol. The molecule has 0 fully saturated rings. The second kappa shape index (κ2) is 11.2. The van der Waals surface area contributed by atoms with E-state index in [1.807, 2.05) is 6.07 Å². The van der Waals surface area contributed by atoms with E-state index in [0.29, 0.717) is 16.9 Å². The Labute approximate surface area is 195 Å². The molecule has 8 nitrogen and oxygen atoms in total. The van der Waals surface area contributed by atoms with Gasteiger partial charge in [-0.1, -0.05) is 18.2 Å². The molecular formula is C24H24F2N4O4. The highest BCUT2D eigenvalue weighted by atomic mass is 19.1. The van der Waals surface area contributed by atoms with Gasteiger partial charge in [-0.2, -0.15) is 0 Å². The van der Waals surface area contributed by atoms with Crippen molar-refractivity contribution in [2.24, 2.45) is 5.73 Å². The largest absolute Gasteiger partial charge is 0.497 e. The van der Waals surface area contributed by atoms with Gasteiger partial charge in [0, 0.05) is 54.9 Å². The van der Waals surface area contributed by atoms with Gasteiger partial charge in [-0.05, 0) is 12.1 Å². The Balaban J connectivity index is 1.79. The molecule has 0 aliphatic heterocycles. The van der Waals surface area contributed by atoms with Crippen molar-refractivity contribution in [2.75, 3.05) is 14.2 Å². The van der Waals surface area contributed by atoms with E-state index in [1.54, 1.807) is 36.7 Å². The lowest BCUT2D eigenvalue weighted by Crippen LogP contribution is -2.31. The van der Waals surface area contributed by atoms with Crippen LogP contribution >= 0.6 is 0 Å². The first kappa shape index (κ1) is 24.6. The SMILES string of the molecule is COc1cc(F)c(C(OC)C(=O)NCc2ccc(C(=N)N)cc2OCc2cccnc2)c(F)c1. The summed E-state index contributed by atoms with van der Waals surface area (Å²) in [5.41, 5.74) is 6.87. The van der Waals surface area contributed by atoms with Gasteiger partial charge in [0.15, 0.2) is 6.10 Å². The summed E-state index contributed by atoms with van der Waals surface area (Å²) in [5.74, 6) is -2.47. The molecule has 34 heavy (non-hydrogen) atoms. The molecule has 10 heteroatoms. The maximum atomic E-state index is 14.5. The normalized spacial score (nSPS) is 11.5. The van der Waals surface area contributed by atoms with Crippen molar-refractivity contribution in [3.05, 3.63) is 88.7 Å². The molecule has 4 N–H and O–H groups in total. The first-order chi connectivity index (χ1) is 16.3. The van der Waals surface area contributed by atoms with E-state index in [9.17, 15) is 13.6 Å². The minimum Gasteiger partial charge on any atom is -0.497 e. The van der Waals surface area contributed by atoms with Crippen molar-refractivity contribution in [2.45, 2.75) is 19.3 Å². The fourth-order valence-electron chi connectivity index (χ4n) is 3.21. The number of methoxy groups -OCH3 is 2. The number of carbonyl (C=O) groups is 1. The Morgan fingerprint density at radius 3 is 2.50 bits per heavy atom. The van der Waals surface area contributed by atoms with E-state index in [-0.39, 0.29) is 24.7 Å². The van der Waals surface area contributed by atoms with Crippen LogP contribution in [0.5, 0.6) is 11.5 Å². The number of rotatable bonds is 10. The molecule has 0 spiro atoms. The van der Waals surface area contributed by atoms with E-state index >= 15 is 0 Å². The number of nitrogens with two attached hydrogens (primary N) is 1. The zero-order valence-corrected chi connectivity index (χ0v) is 18.6. The van der Waals surface area contributed by atoms with E-state index in [1.165, 1.54) is 14.2 Å². The highest BCUT2D eigenvalue weighted by molar-refractivity contribution is 5.95. The summed E-state index contributed by atoms with van der Waals surface area (Å²) in [4.78, 5) is 16.8. The molecule has 0 radical (unpaired) electrons. The van der Waals surface area contributed by atoms with Gasteiger partial charge in [0.1, 0.15) is 35.6 Å². The van der Waals surface area contributed by atoms with Gasteiger partial charge >= 0.3 is 0 Å². The van der Waals surface area contributed by atoms with Crippen LogP contribution in [-0.4, -0.2) is 30.9 Å². The van der Waals surface area contributed by atoms with Crippen molar-refractivity contribution in [3.63, 3.8) is 0 Å². The maximum absolute atomic E-state index is 14.5. The van der Waals surface area contributed by atoms with Gasteiger partial charge in [-0.3, -0.25) is 15.2 Å². The minimum atomic E-state index is -1.53. The maximum Gasteiger partial charge on any atom is 0.254 e. The van der Waals surface area contributed by atoms with Crippen LogP contribution < -0.4 is 20.5 Å². The standard InChI is InChI=1S/C24H24F2N4O4/c1-32-17-9-18(25)21(19(26)10-17)22(33-2)24(31)30-12-16-6-5-15(23(27)28)8-20(16)34-13-14-4-3-7-29-11-14/h3-11,22H,12-13H2,1-2H3,(H3,27,28)(H,30,31). The zero-order valence-electron chi connectivity index (χ0n) is 18.6. The van der Waals surface area contributed by atoms with Gasteiger partial charge in [-0.25, -0.2) is 8.78 Å². The summed E-state index contributed by atoms with van der Waals surface area (Å²) in [6.07, 6.45) is 1.76. The van der Waals surface area contributed by atoms with Gasteiger partial charge in [-0.15, -0.1) is 0 Å². The second-order valence-electron chi connectivity index (χ2n) is 7.22. The topological polar surface area (TPSA) is 120 Å². The van der Waals surface area contributed by atoms with Gasteiger partial charge < -0.3 is 25.3 Å². The highest BCUT2D eigenvalue weighted by Gasteiger charge is 2.28. The molecule has 0 aliphatic carbocycles. The molecule has 3 aromatic rings. The summed E-state index contributed by atoms with van der Waals surface area (Å²) >= 11 is 0. The van der Waals surface area contributed by atoms with Gasteiger partial charge in [0.05, 0.1) is 12.7 Å². The number of ether oxygens (including phenoxy) is 3. The monoisotopic (exact) mass is 470 g/mol. The average molecular weight is 470 g/mol. The second-order valence-corrected chi connectivity index (χ2v) is 7.22. The summed E-state index contributed by atoms with van der Waals surface area (Å²) < 4.78 is 44.7. The van der Waals surface area contributed by atoms with Gasteiger partial charge in [0.25, 0.3) is 5.91 Å². The number of halogens is 2. The Morgan fingerprint density at radius 1 is 1.18 bits per heavy atom. The van der Waals surface area contributed by atoms with Crippen LogP contribution in [0.2, 0.25) is 0 Å². The number of nitrogens with zero attached hydrogens (tertiary/aromatic N) is 1. The molecule has 0 saturated carbocycles. The van der Waals surface area contributed by atoms with Crippen LogP contribution in [0.1, 0.15) is 28.4 Å². The van der Waals surface area contributed by atoms with E-state index < -0.39 is 29.2 Å². The Hall–Kier alpha value is -4.05. The third-order valence-corrected chi connectivity index (χ3v) is 4.97. The smallest absolute Gasteiger partial charge is 0.254 e. The molecule has 1 amide bonds. The molecule has 2 aromatic carbocycles. The summed E-state index contributed by atoms with van der Waals surface area (Å²) in [5, 5.41) is 10.3. The van der Waals surface area contributed by atoms with Gasteiger partial charge in [0.2, 0.25) is 0 Å². The first-order valence-electron chi connectivity index (χ1n) is 10.2. The zero-order chi connectivity index (χ0) is 24.7. The molecule has 1 unspecified atom stereocenters. The fourth-order valence-corrected chi connectivity index (χ4v) is 3.21. The molecule has 1 heterocycles. The number of hydrogen-bond donors (Lipinski definition) is 3. The molecule has 0 bridgehead atoms. The highest BCUT2D eigenvalue weighted by Crippen LogP contribution is 2.28. The quantitative estimate of drug-likeness (QED) is 0.309. The van der Waals surface area contributed by atoms with Crippen molar-refractivity contribution < 1.29 is 27.8 Å². The molecule has 0 saturated heterocycles. The first-order valence-corrected chi connectivity index (χ1v) is 10.2. The van der Waals surface area contributed by atoms with Crippen molar-refractivity contribution >= 4 is 11.7 Å². The number of amidine groups is 1. The van der Waals surface area contributed by atoms with Crippen LogP contribution in [0.25, 0.3) is 0 Å². The predicted octanol–water partition coefficient (Wildman–Crippen LogP) is 3.24. The van der Waals surface area contributed by atoms with Crippen LogP contribution in [-0.2, 0) is 22.7 Å². The number of hydrogen-bond acceptors (Lipinski definition) is 6. The van der Waals surface area contributed by atoms with Crippen LogP contribution in [0.4, 0.5) is 8.78 Å². The number of nitrogen functional groups attached to an aromatic ring is 1. The Kier molecular flexibility index (Phi) is 8.10. The summed E-state index contributed by atoms with van der Waals surface area (Å²) in [6.45, 7) is 0.164.